The molecule has 0 heterocycles. The Morgan fingerprint density at radius 3 is 2.13 bits per heavy atom. The lowest BCUT2D eigenvalue weighted by Crippen LogP contribution is -2.53. The number of amides is 3. The molecule has 0 radical (unpaired) electrons. The normalized spacial score (nSPS) is 12.9. The monoisotopic (exact) mass is 541 g/mol. The number of likely N-dealkylation sites (N-methyl/N-ethyl adjacent to an activating group) is 1. The molecular weight excluding hydrogens is 498 g/mol. The third-order valence-corrected chi connectivity index (χ3v) is 6.96. The molecule has 208 valence electrons. The van der Waals surface area contributed by atoms with Gasteiger partial charge in [-0.25, -0.2) is 4.79 Å². The van der Waals surface area contributed by atoms with Gasteiger partial charge in [-0.1, -0.05) is 62.4 Å². The Hall–Kier alpha value is -3.00. The van der Waals surface area contributed by atoms with E-state index in [-0.39, 0.29) is 24.5 Å². The Morgan fingerprint density at radius 2 is 1.58 bits per heavy atom. The first-order valence-corrected chi connectivity index (χ1v) is 14.2. The van der Waals surface area contributed by atoms with Crippen LogP contribution in [0.2, 0.25) is 0 Å². The van der Waals surface area contributed by atoms with Crippen molar-refractivity contribution in [2.75, 3.05) is 25.9 Å². The number of hydrogen-bond donors (Lipinski definition) is 2. The molecule has 2 rings (SSSR count). The molecule has 0 saturated carbocycles. The molecule has 0 aromatic heterocycles. The fraction of sp³-hybridized carbons (Fsp3) is 0.500. The Bertz CT molecular complexity index is 1010. The van der Waals surface area contributed by atoms with Crippen LogP contribution in [0, 0.1) is 11.8 Å². The van der Waals surface area contributed by atoms with Gasteiger partial charge in [-0.15, -0.1) is 11.8 Å². The fourth-order valence-corrected chi connectivity index (χ4v) is 4.71. The summed E-state index contributed by atoms with van der Waals surface area (Å²) in [6.45, 7) is 10.4. The highest BCUT2D eigenvalue weighted by molar-refractivity contribution is 7.99. The van der Waals surface area contributed by atoms with E-state index in [0.29, 0.717) is 24.6 Å². The van der Waals surface area contributed by atoms with Crippen LogP contribution in [0.25, 0.3) is 0 Å². The smallest absolute Gasteiger partial charge is 0.318 e. The molecule has 2 unspecified atom stereocenters. The second kappa shape index (κ2) is 15.4. The maximum Gasteiger partial charge on any atom is 0.318 e. The van der Waals surface area contributed by atoms with Gasteiger partial charge in [0.05, 0.1) is 5.92 Å². The summed E-state index contributed by atoms with van der Waals surface area (Å²) in [6, 6.07) is 18.3. The largest absolute Gasteiger partial charge is 0.460 e. The van der Waals surface area contributed by atoms with Crippen LogP contribution in [0.3, 0.4) is 0 Å². The first-order chi connectivity index (χ1) is 18.0. The lowest BCUT2D eigenvalue weighted by molar-refractivity contribution is -0.159. The maximum atomic E-state index is 13.6. The van der Waals surface area contributed by atoms with E-state index in [9.17, 15) is 14.4 Å². The van der Waals surface area contributed by atoms with Crippen molar-refractivity contribution < 1.29 is 19.1 Å². The number of hydrogen-bond acceptors (Lipinski definition) is 5. The lowest BCUT2D eigenvalue weighted by Gasteiger charge is -2.31. The number of thioether (sulfide) groups is 1. The Kier molecular flexibility index (Phi) is 12.7. The predicted octanol–water partition coefficient (Wildman–Crippen LogP) is 5.15. The zero-order chi connectivity index (χ0) is 28.1. The molecule has 7 nitrogen and oxygen atoms in total. The van der Waals surface area contributed by atoms with Gasteiger partial charge in [-0.3, -0.25) is 9.59 Å². The van der Waals surface area contributed by atoms with Crippen LogP contribution < -0.4 is 10.6 Å². The van der Waals surface area contributed by atoms with Crippen LogP contribution in [0.5, 0.6) is 0 Å². The number of nitrogens with zero attached hydrogens (tertiary/aromatic N) is 1. The molecule has 2 atom stereocenters. The number of benzene rings is 2. The topological polar surface area (TPSA) is 87.7 Å². The summed E-state index contributed by atoms with van der Waals surface area (Å²) >= 11 is 1.56. The van der Waals surface area contributed by atoms with Crippen molar-refractivity contribution in [2.24, 2.45) is 11.8 Å². The zero-order valence-corrected chi connectivity index (χ0v) is 24.3. The second-order valence-electron chi connectivity index (χ2n) is 10.8. The third-order valence-electron chi connectivity index (χ3n) is 5.78. The number of rotatable bonds is 13. The molecule has 0 saturated heterocycles. The summed E-state index contributed by atoms with van der Waals surface area (Å²) in [6.07, 6.45) is 1.13. The summed E-state index contributed by atoms with van der Waals surface area (Å²) < 4.78 is 5.74. The molecule has 0 aliphatic rings. The highest BCUT2D eigenvalue weighted by Gasteiger charge is 2.30. The van der Waals surface area contributed by atoms with Gasteiger partial charge in [0.25, 0.3) is 0 Å². The average Bonchev–Trinajstić information content (AvgIpc) is 2.87. The van der Waals surface area contributed by atoms with E-state index in [1.54, 1.807) is 23.7 Å². The van der Waals surface area contributed by atoms with Gasteiger partial charge in [0.2, 0.25) is 5.91 Å². The summed E-state index contributed by atoms with van der Waals surface area (Å²) in [7, 11) is 1.56. The van der Waals surface area contributed by atoms with E-state index in [4.69, 9.17) is 4.74 Å². The summed E-state index contributed by atoms with van der Waals surface area (Å²) in [4.78, 5) is 42.2. The standard InChI is InChI=1S/C30H43N3O4S/c1-22(2)17-18-33(29(36)32-26(27(34)31-6)19-23-13-9-7-10-14-23)20-24(28(35)37-30(3,4)5)21-38-25-15-11-8-12-16-25/h7-16,22,24,26H,17-21H2,1-6H3,(H,31,34)(H,32,36). The molecule has 0 fully saturated rings. The van der Waals surface area contributed by atoms with Crippen molar-refractivity contribution in [2.45, 2.75) is 64.0 Å². The molecule has 0 bridgehead atoms. The quantitative estimate of drug-likeness (QED) is 0.270. The van der Waals surface area contributed by atoms with Crippen molar-refractivity contribution in [3.8, 4) is 0 Å². The molecule has 0 spiro atoms. The van der Waals surface area contributed by atoms with Gasteiger partial charge >= 0.3 is 12.0 Å². The first-order valence-electron chi connectivity index (χ1n) is 13.2. The van der Waals surface area contributed by atoms with Crippen LogP contribution in [0.4, 0.5) is 4.79 Å². The van der Waals surface area contributed by atoms with E-state index in [0.717, 1.165) is 16.9 Å². The summed E-state index contributed by atoms with van der Waals surface area (Å²) in [5.41, 5.74) is 0.304. The Labute approximate surface area is 232 Å². The highest BCUT2D eigenvalue weighted by atomic mass is 32.2. The van der Waals surface area contributed by atoms with Crippen LogP contribution in [0.1, 0.15) is 46.6 Å². The van der Waals surface area contributed by atoms with Crippen molar-refractivity contribution >= 4 is 29.7 Å². The number of nitrogens with one attached hydrogen (secondary N) is 2. The molecular formula is C30H43N3O4S. The minimum absolute atomic E-state index is 0.194. The Morgan fingerprint density at radius 1 is 0.974 bits per heavy atom. The molecule has 2 N–H and O–H groups in total. The van der Waals surface area contributed by atoms with Gasteiger partial charge in [-0.05, 0) is 50.8 Å². The van der Waals surface area contributed by atoms with Crippen molar-refractivity contribution in [3.63, 3.8) is 0 Å². The first kappa shape index (κ1) is 31.2. The second-order valence-corrected chi connectivity index (χ2v) is 11.9. The zero-order valence-electron chi connectivity index (χ0n) is 23.5. The van der Waals surface area contributed by atoms with Crippen molar-refractivity contribution in [1.82, 2.24) is 15.5 Å². The molecule has 2 aromatic rings. The summed E-state index contributed by atoms with van der Waals surface area (Å²) in [5, 5.41) is 5.58. The summed E-state index contributed by atoms with van der Waals surface area (Å²) in [5.74, 6) is -0.314. The third kappa shape index (κ3) is 11.6. The Balaban J connectivity index is 2.24. The highest BCUT2D eigenvalue weighted by Crippen LogP contribution is 2.23. The molecule has 38 heavy (non-hydrogen) atoms. The van der Waals surface area contributed by atoms with Gasteiger partial charge in [-0.2, -0.15) is 0 Å². The van der Waals surface area contributed by atoms with E-state index in [2.05, 4.69) is 24.5 Å². The van der Waals surface area contributed by atoms with Crippen LogP contribution in [-0.2, 0) is 20.7 Å². The molecule has 3 amide bonds. The minimum atomic E-state index is -0.741. The average molecular weight is 542 g/mol. The number of carbonyl (C=O) groups is 3. The van der Waals surface area contributed by atoms with E-state index < -0.39 is 17.6 Å². The number of ether oxygens (including phenoxy) is 1. The fourth-order valence-electron chi connectivity index (χ4n) is 3.72. The van der Waals surface area contributed by atoms with E-state index >= 15 is 0 Å². The van der Waals surface area contributed by atoms with E-state index in [1.165, 1.54) is 0 Å². The van der Waals surface area contributed by atoms with Crippen LogP contribution >= 0.6 is 11.8 Å². The molecule has 2 aromatic carbocycles. The van der Waals surface area contributed by atoms with E-state index in [1.807, 2.05) is 81.4 Å². The van der Waals surface area contributed by atoms with Gasteiger partial charge in [0, 0.05) is 37.2 Å². The van der Waals surface area contributed by atoms with Crippen molar-refractivity contribution in [1.29, 1.82) is 0 Å². The number of esters is 1. The molecule has 0 aliphatic heterocycles. The van der Waals surface area contributed by atoms with Gasteiger partial charge in [0.15, 0.2) is 0 Å². The minimum Gasteiger partial charge on any atom is -0.460 e. The predicted molar refractivity (Wildman–Crippen MR) is 154 cm³/mol. The van der Waals surface area contributed by atoms with Crippen molar-refractivity contribution in [3.05, 3.63) is 66.2 Å². The van der Waals surface area contributed by atoms with Gasteiger partial charge < -0.3 is 20.3 Å². The molecule has 0 aliphatic carbocycles. The maximum absolute atomic E-state index is 13.6. The SMILES string of the molecule is CNC(=O)C(Cc1ccccc1)NC(=O)N(CCC(C)C)CC(CSc1ccccc1)C(=O)OC(C)(C)C. The number of urea groups is 1. The van der Waals surface area contributed by atoms with Gasteiger partial charge in [0.1, 0.15) is 11.6 Å². The molecule has 8 heteroatoms. The van der Waals surface area contributed by atoms with Crippen LogP contribution in [0.15, 0.2) is 65.6 Å². The van der Waals surface area contributed by atoms with Crippen LogP contribution in [-0.4, -0.2) is 60.3 Å². The lowest BCUT2D eigenvalue weighted by atomic mass is 10.1. The number of carbonyl (C=O) groups excluding carboxylic acids is 3.